The molecule has 0 saturated carbocycles. The third kappa shape index (κ3) is 2.97. The maximum absolute atomic E-state index is 6.00. The van der Waals surface area contributed by atoms with Crippen molar-refractivity contribution in [2.24, 2.45) is 0 Å². The molecule has 98 valence electrons. The van der Waals surface area contributed by atoms with Crippen molar-refractivity contribution in [3.05, 3.63) is 29.0 Å². The van der Waals surface area contributed by atoms with Gasteiger partial charge in [0.25, 0.3) is 0 Å². The van der Waals surface area contributed by atoms with Crippen molar-refractivity contribution in [1.29, 1.82) is 0 Å². The first kappa shape index (κ1) is 13.7. The van der Waals surface area contributed by atoms with Gasteiger partial charge in [0.05, 0.1) is 11.0 Å². The first-order valence-electron chi connectivity index (χ1n) is 5.97. The number of fused-ring (bicyclic) bond motifs is 1. The van der Waals surface area contributed by atoms with Crippen molar-refractivity contribution < 1.29 is 0 Å². The van der Waals surface area contributed by atoms with E-state index in [2.05, 4.69) is 28.5 Å². The Morgan fingerprint density at radius 2 is 2.11 bits per heavy atom. The van der Waals surface area contributed by atoms with E-state index in [4.69, 9.17) is 23.2 Å². The van der Waals surface area contributed by atoms with Gasteiger partial charge in [-0.2, -0.15) is 0 Å². The van der Waals surface area contributed by atoms with Crippen molar-refractivity contribution >= 4 is 34.2 Å². The summed E-state index contributed by atoms with van der Waals surface area (Å²) in [4.78, 5) is 6.78. The number of aryl methyl sites for hydroxylation is 1. The van der Waals surface area contributed by atoms with Crippen LogP contribution in [0.25, 0.3) is 11.0 Å². The zero-order valence-electron chi connectivity index (χ0n) is 10.7. The summed E-state index contributed by atoms with van der Waals surface area (Å²) in [5.74, 6) is 1.61. The average Bonchev–Trinajstić information content (AvgIpc) is 2.63. The van der Waals surface area contributed by atoms with E-state index in [1.165, 1.54) is 0 Å². The van der Waals surface area contributed by atoms with Crippen molar-refractivity contribution in [1.82, 2.24) is 14.5 Å². The van der Waals surface area contributed by atoms with Gasteiger partial charge in [-0.3, -0.25) is 0 Å². The molecule has 1 aromatic heterocycles. The fourth-order valence-corrected chi connectivity index (χ4v) is 2.31. The number of hydrogen-bond acceptors (Lipinski definition) is 2. The standard InChI is InChI=1S/C13H17Cl2N3/c1-17(2)7-8-18-12-4-3-10(15)9-11(12)16-13(18)5-6-14/h3-4,9H,5-8H2,1-2H3. The van der Waals surface area contributed by atoms with Crippen molar-refractivity contribution in [3.63, 3.8) is 0 Å². The topological polar surface area (TPSA) is 21.1 Å². The lowest BCUT2D eigenvalue weighted by atomic mass is 10.3. The van der Waals surface area contributed by atoms with Crippen LogP contribution in [-0.4, -0.2) is 41.0 Å². The molecule has 0 fully saturated rings. The number of imidazole rings is 1. The van der Waals surface area contributed by atoms with E-state index < -0.39 is 0 Å². The molecule has 0 saturated heterocycles. The van der Waals surface area contributed by atoms with Gasteiger partial charge in [-0.15, -0.1) is 11.6 Å². The number of benzene rings is 1. The Bertz CT molecular complexity index is 534. The second kappa shape index (κ2) is 5.91. The monoisotopic (exact) mass is 285 g/mol. The Labute approximate surface area is 117 Å². The van der Waals surface area contributed by atoms with Gasteiger partial charge in [-0.1, -0.05) is 11.6 Å². The molecule has 0 atom stereocenters. The van der Waals surface area contributed by atoms with Crippen LogP contribution in [0.3, 0.4) is 0 Å². The zero-order valence-corrected chi connectivity index (χ0v) is 12.2. The molecule has 18 heavy (non-hydrogen) atoms. The lowest BCUT2D eigenvalue weighted by Crippen LogP contribution is -2.19. The predicted molar refractivity (Wildman–Crippen MR) is 77.7 cm³/mol. The SMILES string of the molecule is CN(C)CCn1c(CCCl)nc2cc(Cl)ccc21. The Hall–Kier alpha value is -0.770. The zero-order chi connectivity index (χ0) is 13.1. The Morgan fingerprint density at radius 3 is 2.78 bits per heavy atom. The van der Waals surface area contributed by atoms with Gasteiger partial charge in [-0.25, -0.2) is 4.98 Å². The third-order valence-corrected chi connectivity index (χ3v) is 3.30. The Morgan fingerprint density at radius 1 is 1.33 bits per heavy atom. The van der Waals surface area contributed by atoms with E-state index in [0.29, 0.717) is 5.88 Å². The van der Waals surface area contributed by atoms with E-state index in [1.54, 1.807) is 0 Å². The largest absolute Gasteiger partial charge is 0.327 e. The summed E-state index contributed by atoms with van der Waals surface area (Å²) in [6, 6.07) is 5.83. The number of alkyl halides is 1. The maximum Gasteiger partial charge on any atom is 0.111 e. The molecule has 1 aromatic carbocycles. The first-order valence-corrected chi connectivity index (χ1v) is 6.88. The van der Waals surface area contributed by atoms with Crippen molar-refractivity contribution in [3.8, 4) is 0 Å². The Balaban J connectivity index is 2.41. The van der Waals surface area contributed by atoms with Crippen LogP contribution in [0.5, 0.6) is 0 Å². The molecule has 0 aliphatic rings. The highest BCUT2D eigenvalue weighted by Crippen LogP contribution is 2.21. The molecule has 0 aliphatic heterocycles. The van der Waals surface area contributed by atoms with E-state index in [0.717, 1.165) is 41.4 Å². The van der Waals surface area contributed by atoms with Gasteiger partial charge in [0.2, 0.25) is 0 Å². The lowest BCUT2D eigenvalue weighted by molar-refractivity contribution is 0.383. The minimum atomic E-state index is 0.582. The molecule has 0 bridgehead atoms. The number of rotatable bonds is 5. The smallest absolute Gasteiger partial charge is 0.111 e. The van der Waals surface area contributed by atoms with Crippen LogP contribution < -0.4 is 0 Å². The fourth-order valence-electron chi connectivity index (χ4n) is 1.98. The summed E-state index contributed by atoms with van der Waals surface area (Å²) in [6.45, 7) is 1.89. The number of hydrogen-bond donors (Lipinski definition) is 0. The number of aromatic nitrogens is 2. The van der Waals surface area contributed by atoms with Gasteiger partial charge >= 0.3 is 0 Å². The molecule has 0 aliphatic carbocycles. The maximum atomic E-state index is 6.00. The molecule has 2 aromatic rings. The molecule has 0 spiro atoms. The lowest BCUT2D eigenvalue weighted by Gasteiger charge is -2.13. The van der Waals surface area contributed by atoms with E-state index in [-0.39, 0.29) is 0 Å². The summed E-state index contributed by atoms with van der Waals surface area (Å²) >= 11 is 11.8. The molecular weight excluding hydrogens is 269 g/mol. The minimum Gasteiger partial charge on any atom is -0.327 e. The van der Waals surface area contributed by atoms with Gasteiger partial charge < -0.3 is 9.47 Å². The summed E-state index contributed by atoms with van der Waals surface area (Å²) in [6.07, 6.45) is 0.779. The van der Waals surface area contributed by atoms with Crippen molar-refractivity contribution in [2.75, 3.05) is 26.5 Å². The second-order valence-corrected chi connectivity index (χ2v) is 5.37. The molecule has 3 nitrogen and oxygen atoms in total. The van der Waals surface area contributed by atoms with Crippen LogP contribution in [0.15, 0.2) is 18.2 Å². The van der Waals surface area contributed by atoms with Gasteiger partial charge in [0.1, 0.15) is 5.82 Å². The third-order valence-electron chi connectivity index (χ3n) is 2.88. The highest BCUT2D eigenvalue weighted by Gasteiger charge is 2.10. The predicted octanol–water partition coefficient (Wildman–Crippen LogP) is 3.03. The van der Waals surface area contributed by atoms with E-state index in [9.17, 15) is 0 Å². The van der Waals surface area contributed by atoms with Crippen LogP contribution in [0, 0.1) is 0 Å². The highest BCUT2D eigenvalue weighted by atomic mass is 35.5. The molecule has 0 amide bonds. The molecule has 1 heterocycles. The summed E-state index contributed by atoms with van der Waals surface area (Å²) < 4.78 is 2.23. The fraction of sp³-hybridized carbons (Fsp3) is 0.462. The molecule has 0 radical (unpaired) electrons. The molecule has 0 N–H and O–H groups in total. The molecular formula is C13H17Cl2N3. The normalized spacial score (nSPS) is 11.6. The summed E-state index contributed by atoms with van der Waals surface area (Å²) in [5.41, 5.74) is 2.07. The van der Waals surface area contributed by atoms with E-state index in [1.807, 2.05) is 18.2 Å². The van der Waals surface area contributed by atoms with Gasteiger partial charge in [-0.05, 0) is 32.3 Å². The minimum absolute atomic E-state index is 0.582. The number of likely N-dealkylation sites (N-methyl/N-ethyl adjacent to an activating group) is 1. The van der Waals surface area contributed by atoms with Crippen molar-refractivity contribution in [2.45, 2.75) is 13.0 Å². The number of nitrogens with zero attached hydrogens (tertiary/aromatic N) is 3. The molecule has 5 heteroatoms. The van der Waals surface area contributed by atoms with Crippen LogP contribution in [0.1, 0.15) is 5.82 Å². The summed E-state index contributed by atoms with van der Waals surface area (Å²) in [5, 5.41) is 0.720. The molecule has 0 unspecified atom stereocenters. The van der Waals surface area contributed by atoms with E-state index >= 15 is 0 Å². The first-order chi connectivity index (χ1) is 8.61. The van der Waals surface area contributed by atoms with Gasteiger partial charge in [0.15, 0.2) is 0 Å². The van der Waals surface area contributed by atoms with Crippen LogP contribution in [-0.2, 0) is 13.0 Å². The average molecular weight is 286 g/mol. The Kier molecular flexibility index (Phi) is 4.49. The van der Waals surface area contributed by atoms with Crippen LogP contribution in [0.2, 0.25) is 5.02 Å². The number of halogens is 2. The van der Waals surface area contributed by atoms with Crippen LogP contribution >= 0.6 is 23.2 Å². The second-order valence-electron chi connectivity index (χ2n) is 4.55. The quantitative estimate of drug-likeness (QED) is 0.788. The highest BCUT2D eigenvalue weighted by molar-refractivity contribution is 6.31. The van der Waals surface area contributed by atoms with Gasteiger partial charge in [0, 0.05) is 30.4 Å². The summed E-state index contributed by atoms with van der Waals surface area (Å²) in [7, 11) is 4.13. The molecule has 2 rings (SSSR count). The van der Waals surface area contributed by atoms with Crippen LogP contribution in [0.4, 0.5) is 0 Å².